The fourth-order valence-electron chi connectivity index (χ4n) is 2.35. The summed E-state index contributed by atoms with van der Waals surface area (Å²) in [6, 6.07) is -1.22. The summed E-state index contributed by atoms with van der Waals surface area (Å²) in [6.45, 7) is 1.18. The van der Waals surface area contributed by atoms with Crippen molar-refractivity contribution in [2.75, 3.05) is 27.2 Å². The van der Waals surface area contributed by atoms with Crippen molar-refractivity contribution < 1.29 is 19.5 Å². The smallest absolute Gasteiger partial charge is 0.326 e. The van der Waals surface area contributed by atoms with Gasteiger partial charge >= 0.3 is 12.0 Å². The second-order valence-corrected chi connectivity index (χ2v) is 5.55. The average molecular weight is 300 g/mol. The van der Waals surface area contributed by atoms with Gasteiger partial charge in [0.25, 0.3) is 0 Å². The maximum Gasteiger partial charge on any atom is 0.326 e. The van der Waals surface area contributed by atoms with Crippen LogP contribution in [0.15, 0.2) is 0 Å². The van der Waals surface area contributed by atoms with E-state index in [0.717, 1.165) is 12.8 Å². The largest absolute Gasteiger partial charge is 0.480 e. The summed E-state index contributed by atoms with van der Waals surface area (Å²) in [5.74, 6) is -1.74. The number of carboxylic acid groups (broad SMARTS) is 1. The van der Waals surface area contributed by atoms with Crippen molar-refractivity contribution in [3.63, 3.8) is 0 Å². The second kappa shape index (κ2) is 7.82. The van der Waals surface area contributed by atoms with Crippen molar-refractivity contribution in [3.05, 3.63) is 0 Å². The molecule has 0 saturated carbocycles. The predicted octanol–water partition coefficient (Wildman–Crippen LogP) is -0.559. The summed E-state index contributed by atoms with van der Waals surface area (Å²) in [6.07, 6.45) is 1.83. The van der Waals surface area contributed by atoms with E-state index in [1.165, 1.54) is 0 Å². The fraction of sp³-hybridized carbons (Fsp3) is 0.769. The Labute approximate surface area is 124 Å². The molecule has 1 fully saturated rings. The Balaban J connectivity index is 2.56. The first kappa shape index (κ1) is 17.2. The normalized spacial score (nSPS) is 20.1. The van der Waals surface area contributed by atoms with Crippen molar-refractivity contribution in [1.82, 2.24) is 15.1 Å². The number of likely N-dealkylation sites (tertiary alicyclic amines) is 1. The summed E-state index contributed by atoms with van der Waals surface area (Å²) >= 11 is 0. The van der Waals surface area contributed by atoms with E-state index in [1.54, 1.807) is 4.90 Å². The van der Waals surface area contributed by atoms with E-state index in [9.17, 15) is 14.4 Å². The van der Waals surface area contributed by atoms with Crippen LogP contribution in [-0.4, -0.2) is 72.1 Å². The average Bonchev–Trinajstić information content (AvgIpc) is 2.42. The molecule has 2 atom stereocenters. The van der Waals surface area contributed by atoms with Gasteiger partial charge in [-0.25, -0.2) is 9.59 Å². The van der Waals surface area contributed by atoms with Gasteiger partial charge in [0.2, 0.25) is 5.91 Å². The summed E-state index contributed by atoms with van der Waals surface area (Å²) in [4.78, 5) is 37.7. The van der Waals surface area contributed by atoms with Gasteiger partial charge in [-0.15, -0.1) is 0 Å². The molecule has 21 heavy (non-hydrogen) atoms. The minimum Gasteiger partial charge on any atom is -0.480 e. The van der Waals surface area contributed by atoms with Crippen LogP contribution in [0.2, 0.25) is 0 Å². The highest BCUT2D eigenvalue weighted by atomic mass is 16.4. The van der Waals surface area contributed by atoms with Crippen LogP contribution in [0, 0.1) is 0 Å². The lowest BCUT2D eigenvalue weighted by atomic mass is 10.1. The monoisotopic (exact) mass is 300 g/mol. The Morgan fingerprint density at radius 1 is 1.43 bits per heavy atom. The number of aliphatic carboxylic acids is 1. The molecule has 0 spiro atoms. The number of rotatable bonds is 6. The molecular weight excluding hydrogens is 276 g/mol. The summed E-state index contributed by atoms with van der Waals surface area (Å²) < 4.78 is 0. The van der Waals surface area contributed by atoms with E-state index in [-0.39, 0.29) is 18.9 Å². The van der Waals surface area contributed by atoms with E-state index < -0.39 is 23.9 Å². The Kier molecular flexibility index (Phi) is 6.41. The van der Waals surface area contributed by atoms with Crippen LogP contribution in [0.3, 0.4) is 0 Å². The first-order chi connectivity index (χ1) is 9.81. The van der Waals surface area contributed by atoms with Crippen molar-refractivity contribution in [3.8, 4) is 0 Å². The third-order valence-electron chi connectivity index (χ3n) is 3.69. The zero-order valence-electron chi connectivity index (χ0n) is 12.5. The maximum atomic E-state index is 12.1. The molecule has 1 heterocycles. The first-order valence-corrected chi connectivity index (χ1v) is 7.04. The zero-order valence-corrected chi connectivity index (χ0v) is 12.5. The lowest BCUT2D eigenvalue weighted by molar-refractivity contribution is -0.139. The van der Waals surface area contributed by atoms with Gasteiger partial charge in [0.15, 0.2) is 0 Å². The van der Waals surface area contributed by atoms with Crippen LogP contribution in [0.1, 0.15) is 25.7 Å². The number of nitrogens with two attached hydrogens (primary N) is 1. The Bertz CT molecular complexity index is 400. The van der Waals surface area contributed by atoms with E-state index in [0.29, 0.717) is 13.1 Å². The minimum atomic E-state index is -1.16. The number of urea groups is 1. The van der Waals surface area contributed by atoms with Gasteiger partial charge in [0.1, 0.15) is 6.04 Å². The zero-order chi connectivity index (χ0) is 16.0. The summed E-state index contributed by atoms with van der Waals surface area (Å²) in [5, 5.41) is 11.5. The molecule has 120 valence electrons. The van der Waals surface area contributed by atoms with E-state index in [2.05, 4.69) is 10.2 Å². The quantitative estimate of drug-likeness (QED) is 0.608. The van der Waals surface area contributed by atoms with Crippen LogP contribution >= 0.6 is 0 Å². The number of piperidine rings is 1. The number of carbonyl (C=O) groups excluding carboxylic acids is 2. The van der Waals surface area contributed by atoms with Gasteiger partial charge in [0, 0.05) is 25.6 Å². The molecule has 1 unspecified atom stereocenters. The highest BCUT2D eigenvalue weighted by molar-refractivity contribution is 5.83. The number of primary amides is 1. The van der Waals surface area contributed by atoms with Crippen LogP contribution in [0.5, 0.6) is 0 Å². The molecular formula is C13H24N4O4. The Morgan fingerprint density at radius 3 is 2.62 bits per heavy atom. The van der Waals surface area contributed by atoms with Crippen molar-refractivity contribution in [1.29, 1.82) is 0 Å². The number of nitrogens with zero attached hydrogens (tertiary/aromatic N) is 2. The molecule has 8 heteroatoms. The highest BCUT2D eigenvalue weighted by Gasteiger charge is 2.28. The molecule has 0 radical (unpaired) electrons. The number of nitrogens with one attached hydrogen (secondary N) is 1. The van der Waals surface area contributed by atoms with E-state index in [1.807, 2.05) is 14.1 Å². The fourth-order valence-corrected chi connectivity index (χ4v) is 2.35. The standard InChI is InChI=1S/C13H24N4O4/c1-16(2)9-4-3-7-17(8-9)13(21)15-10(12(19)20)5-6-11(14)18/h9-10H,3-8H2,1-2H3,(H2,14,18)(H,15,21)(H,19,20)/t9?,10-/m0/s1. The second-order valence-electron chi connectivity index (χ2n) is 5.55. The topological polar surface area (TPSA) is 116 Å². The number of hydrogen-bond acceptors (Lipinski definition) is 4. The molecule has 0 aromatic heterocycles. The lowest BCUT2D eigenvalue weighted by Crippen LogP contribution is -2.53. The maximum absolute atomic E-state index is 12.1. The number of carbonyl (C=O) groups is 3. The van der Waals surface area contributed by atoms with Crippen LogP contribution in [0.4, 0.5) is 4.79 Å². The molecule has 0 aliphatic carbocycles. The van der Waals surface area contributed by atoms with Gasteiger partial charge in [-0.2, -0.15) is 0 Å². The molecule has 3 amide bonds. The third-order valence-corrected chi connectivity index (χ3v) is 3.69. The van der Waals surface area contributed by atoms with Crippen LogP contribution in [0.25, 0.3) is 0 Å². The number of hydrogen-bond donors (Lipinski definition) is 3. The van der Waals surface area contributed by atoms with Gasteiger partial charge < -0.3 is 26.0 Å². The number of likely N-dealkylation sites (N-methyl/N-ethyl adjacent to an activating group) is 1. The highest BCUT2D eigenvalue weighted by Crippen LogP contribution is 2.14. The molecule has 0 bridgehead atoms. The van der Waals surface area contributed by atoms with Crippen LogP contribution < -0.4 is 11.1 Å². The van der Waals surface area contributed by atoms with E-state index >= 15 is 0 Å². The van der Waals surface area contributed by atoms with Crippen molar-refractivity contribution in [2.45, 2.75) is 37.8 Å². The number of amides is 3. The van der Waals surface area contributed by atoms with Gasteiger partial charge in [0.05, 0.1) is 0 Å². The molecule has 1 aliphatic heterocycles. The molecule has 1 aliphatic rings. The van der Waals surface area contributed by atoms with Crippen LogP contribution in [-0.2, 0) is 9.59 Å². The molecule has 0 aromatic rings. The van der Waals surface area contributed by atoms with Crippen molar-refractivity contribution >= 4 is 17.9 Å². The van der Waals surface area contributed by atoms with Gasteiger partial charge in [-0.05, 0) is 33.4 Å². The van der Waals surface area contributed by atoms with Gasteiger partial charge in [-0.3, -0.25) is 4.79 Å². The lowest BCUT2D eigenvalue weighted by Gasteiger charge is -2.36. The number of carboxylic acids is 1. The summed E-state index contributed by atoms with van der Waals surface area (Å²) in [7, 11) is 3.91. The van der Waals surface area contributed by atoms with Gasteiger partial charge in [-0.1, -0.05) is 0 Å². The van der Waals surface area contributed by atoms with E-state index in [4.69, 9.17) is 10.8 Å². The summed E-state index contributed by atoms with van der Waals surface area (Å²) in [5.41, 5.74) is 5.01. The molecule has 8 nitrogen and oxygen atoms in total. The van der Waals surface area contributed by atoms with Crippen molar-refractivity contribution in [2.24, 2.45) is 5.73 Å². The molecule has 0 aromatic carbocycles. The SMILES string of the molecule is CN(C)C1CCCN(C(=O)N[C@@H](CCC(N)=O)C(=O)O)C1. The first-order valence-electron chi connectivity index (χ1n) is 7.04. The molecule has 1 rings (SSSR count). The minimum absolute atomic E-state index is 0.00135. The Morgan fingerprint density at radius 2 is 2.10 bits per heavy atom. The molecule has 1 saturated heterocycles. The Hall–Kier alpha value is -1.83. The molecule has 4 N–H and O–H groups in total. The third kappa shape index (κ3) is 5.58. The predicted molar refractivity (Wildman–Crippen MR) is 76.7 cm³/mol.